The standard InChI is InChI=1S/C10H14FNO2/c1-2-13-7-14-10-4-3-8(6-12)5-9(10)11/h3-5H,2,6-7,12H2,1H3. The van der Waals surface area contributed by atoms with Gasteiger partial charge >= 0.3 is 0 Å². The largest absolute Gasteiger partial charge is 0.464 e. The van der Waals surface area contributed by atoms with Crippen LogP contribution in [0, 0.1) is 5.82 Å². The number of hydrogen-bond donors (Lipinski definition) is 1. The molecule has 0 bridgehead atoms. The first kappa shape index (κ1) is 10.9. The van der Waals surface area contributed by atoms with Gasteiger partial charge in [-0.05, 0) is 24.6 Å². The van der Waals surface area contributed by atoms with Gasteiger partial charge in [-0.1, -0.05) is 6.07 Å². The molecule has 0 radical (unpaired) electrons. The second-order valence-electron chi connectivity index (χ2n) is 2.72. The Morgan fingerprint density at radius 3 is 2.79 bits per heavy atom. The van der Waals surface area contributed by atoms with Gasteiger partial charge in [-0.2, -0.15) is 0 Å². The van der Waals surface area contributed by atoms with Gasteiger partial charge in [0, 0.05) is 13.2 Å². The Hall–Kier alpha value is -1.13. The first-order valence-corrected chi connectivity index (χ1v) is 4.47. The maximum absolute atomic E-state index is 13.2. The number of halogens is 1. The molecular weight excluding hydrogens is 185 g/mol. The summed E-state index contributed by atoms with van der Waals surface area (Å²) in [6.07, 6.45) is 0. The van der Waals surface area contributed by atoms with E-state index < -0.39 is 5.82 Å². The van der Waals surface area contributed by atoms with Crippen LogP contribution in [0.1, 0.15) is 12.5 Å². The highest BCUT2D eigenvalue weighted by Gasteiger charge is 2.03. The Morgan fingerprint density at radius 2 is 2.21 bits per heavy atom. The van der Waals surface area contributed by atoms with Crippen molar-refractivity contribution in [3.8, 4) is 5.75 Å². The van der Waals surface area contributed by atoms with E-state index in [0.29, 0.717) is 13.2 Å². The quantitative estimate of drug-likeness (QED) is 0.579. The molecule has 0 atom stereocenters. The zero-order valence-corrected chi connectivity index (χ0v) is 8.13. The van der Waals surface area contributed by atoms with Crippen LogP contribution in [0.3, 0.4) is 0 Å². The van der Waals surface area contributed by atoms with Crippen LogP contribution < -0.4 is 10.5 Å². The first-order chi connectivity index (χ1) is 6.77. The van der Waals surface area contributed by atoms with Gasteiger partial charge in [0.1, 0.15) is 0 Å². The van der Waals surface area contributed by atoms with Crippen LogP contribution in [-0.2, 0) is 11.3 Å². The van der Waals surface area contributed by atoms with Gasteiger partial charge in [0.25, 0.3) is 0 Å². The monoisotopic (exact) mass is 199 g/mol. The van der Waals surface area contributed by atoms with E-state index in [4.69, 9.17) is 15.2 Å². The number of ether oxygens (including phenoxy) is 2. The lowest BCUT2D eigenvalue weighted by molar-refractivity contribution is 0.0201. The summed E-state index contributed by atoms with van der Waals surface area (Å²) in [5, 5.41) is 0. The van der Waals surface area contributed by atoms with Crippen LogP contribution in [0.15, 0.2) is 18.2 Å². The Balaban J connectivity index is 2.59. The second kappa shape index (κ2) is 5.57. The lowest BCUT2D eigenvalue weighted by Gasteiger charge is -2.07. The zero-order chi connectivity index (χ0) is 10.4. The number of rotatable bonds is 5. The average Bonchev–Trinajstić information content (AvgIpc) is 2.20. The van der Waals surface area contributed by atoms with Gasteiger partial charge in [-0.25, -0.2) is 4.39 Å². The summed E-state index contributed by atoms with van der Waals surface area (Å²) >= 11 is 0. The third-order valence-electron chi connectivity index (χ3n) is 1.73. The molecule has 4 heteroatoms. The van der Waals surface area contributed by atoms with Crippen molar-refractivity contribution in [3.63, 3.8) is 0 Å². The molecule has 0 unspecified atom stereocenters. The van der Waals surface area contributed by atoms with Crippen molar-refractivity contribution in [3.05, 3.63) is 29.6 Å². The molecule has 0 saturated carbocycles. The van der Waals surface area contributed by atoms with Crippen LogP contribution in [-0.4, -0.2) is 13.4 Å². The van der Waals surface area contributed by atoms with E-state index in [1.807, 2.05) is 6.92 Å². The summed E-state index contributed by atoms with van der Waals surface area (Å²) < 4.78 is 23.2. The second-order valence-corrected chi connectivity index (χ2v) is 2.72. The summed E-state index contributed by atoms with van der Waals surface area (Å²) in [4.78, 5) is 0. The third-order valence-corrected chi connectivity index (χ3v) is 1.73. The molecule has 0 heterocycles. The highest BCUT2D eigenvalue weighted by atomic mass is 19.1. The smallest absolute Gasteiger partial charge is 0.189 e. The summed E-state index contributed by atoms with van der Waals surface area (Å²) in [5.74, 6) is -0.219. The lowest BCUT2D eigenvalue weighted by atomic mass is 10.2. The van der Waals surface area contributed by atoms with Crippen molar-refractivity contribution in [2.24, 2.45) is 5.73 Å². The van der Waals surface area contributed by atoms with Gasteiger partial charge in [-0.15, -0.1) is 0 Å². The van der Waals surface area contributed by atoms with E-state index in [1.165, 1.54) is 6.07 Å². The summed E-state index contributed by atoms with van der Waals surface area (Å²) in [7, 11) is 0. The van der Waals surface area contributed by atoms with Crippen molar-refractivity contribution < 1.29 is 13.9 Å². The van der Waals surface area contributed by atoms with Crippen molar-refractivity contribution in [1.82, 2.24) is 0 Å². The minimum absolute atomic E-state index is 0.0649. The van der Waals surface area contributed by atoms with Crippen LogP contribution >= 0.6 is 0 Å². The Bertz CT molecular complexity index is 291. The minimum atomic E-state index is -0.410. The molecule has 0 aliphatic rings. The SMILES string of the molecule is CCOCOc1ccc(CN)cc1F. The Labute approximate surface area is 82.6 Å². The number of nitrogens with two attached hydrogens (primary N) is 1. The highest BCUT2D eigenvalue weighted by molar-refractivity contribution is 5.29. The van der Waals surface area contributed by atoms with Crippen LogP contribution in [0.5, 0.6) is 5.75 Å². The predicted molar refractivity (Wildman–Crippen MR) is 51.4 cm³/mol. The van der Waals surface area contributed by atoms with E-state index in [9.17, 15) is 4.39 Å². The van der Waals surface area contributed by atoms with E-state index in [0.717, 1.165) is 5.56 Å². The molecule has 0 amide bonds. The fourth-order valence-electron chi connectivity index (χ4n) is 0.977. The summed E-state index contributed by atoms with van der Waals surface area (Å²) in [5.41, 5.74) is 6.10. The lowest BCUT2D eigenvalue weighted by Crippen LogP contribution is -2.04. The van der Waals surface area contributed by atoms with Crippen LogP contribution in [0.25, 0.3) is 0 Å². The fraction of sp³-hybridized carbons (Fsp3) is 0.400. The molecule has 0 saturated heterocycles. The van der Waals surface area contributed by atoms with Crippen LogP contribution in [0.2, 0.25) is 0 Å². The average molecular weight is 199 g/mol. The molecule has 0 aliphatic heterocycles. The molecule has 2 N–H and O–H groups in total. The van der Waals surface area contributed by atoms with Gasteiger partial charge in [0.05, 0.1) is 0 Å². The van der Waals surface area contributed by atoms with Crippen molar-refractivity contribution in [2.75, 3.05) is 13.4 Å². The molecule has 1 rings (SSSR count). The molecule has 1 aromatic rings. The summed E-state index contributed by atoms with van der Waals surface area (Å²) in [6.45, 7) is 2.78. The van der Waals surface area contributed by atoms with Crippen molar-refractivity contribution in [2.45, 2.75) is 13.5 Å². The van der Waals surface area contributed by atoms with Gasteiger partial charge < -0.3 is 15.2 Å². The molecule has 1 aromatic carbocycles. The van der Waals surface area contributed by atoms with Gasteiger partial charge in [0.2, 0.25) is 0 Å². The van der Waals surface area contributed by atoms with E-state index in [2.05, 4.69) is 0 Å². The van der Waals surface area contributed by atoms with Gasteiger partial charge in [-0.3, -0.25) is 0 Å². The summed E-state index contributed by atoms with van der Waals surface area (Å²) in [6, 6.07) is 4.64. The minimum Gasteiger partial charge on any atom is -0.464 e. The first-order valence-electron chi connectivity index (χ1n) is 4.47. The highest BCUT2D eigenvalue weighted by Crippen LogP contribution is 2.17. The Morgan fingerprint density at radius 1 is 1.43 bits per heavy atom. The predicted octanol–water partition coefficient (Wildman–Crippen LogP) is 1.66. The molecule has 0 aromatic heterocycles. The number of hydrogen-bond acceptors (Lipinski definition) is 3. The molecule has 0 fully saturated rings. The fourth-order valence-corrected chi connectivity index (χ4v) is 0.977. The van der Waals surface area contributed by atoms with Crippen molar-refractivity contribution >= 4 is 0 Å². The van der Waals surface area contributed by atoms with Gasteiger partial charge in [0.15, 0.2) is 18.4 Å². The molecule has 0 aliphatic carbocycles. The number of benzene rings is 1. The molecule has 14 heavy (non-hydrogen) atoms. The van der Waals surface area contributed by atoms with E-state index in [1.54, 1.807) is 12.1 Å². The van der Waals surface area contributed by atoms with Crippen LogP contribution in [0.4, 0.5) is 4.39 Å². The molecule has 0 spiro atoms. The molecule has 3 nitrogen and oxygen atoms in total. The normalized spacial score (nSPS) is 10.2. The molecule has 78 valence electrons. The van der Waals surface area contributed by atoms with Crippen molar-refractivity contribution in [1.29, 1.82) is 0 Å². The maximum Gasteiger partial charge on any atom is 0.189 e. The maximum atomic E-state index is 13.2. The van der Waals surface area contributed by atoms with E-state index in [-0.39, 0.29) is 12.5 Å². The topological polar surface area (TPSA) is 44.5 Å². The van der Waals surface area contributed by atoms with E-state index >= 15 is 0 Å². The third kappa shape index (κ3) is 2.97. The zero-order valence-electron chi connectivity index (χ0n) is 8.13. The Kier molecular flexibility index (Phi) is 4.35. The molecular formula is C10H14FNO2.